The molecule has 0 radical (unpaired) electrons. The molecule has 0 unspecified atom stereocenters. The molecular formula is C55H72F2N14O12S2Si2. The van der Waals surface area contributed by atoms with Gasteiger partial charge in [0.25, 0.3) is 0 Å². The number of aromatic nitrogens is 10. The van der Waals surface area contributed by atoms with Crippen LogP contribution >= 0.6 is 0 Å². The molecule has 2 aliphatic rings. The lowest BCUT2D eigenvalue weighted by molar-refractivity contribution is -0.112. The topological polar surface area (TPSA) is 276 Å². The molecule has 2 aliphatic heterocycles. The van der Waals surface area contributed by atoms with Gasteiger partial charge in [-0.3, -0.25) is 18.8 Å². The molecule has 0 bridgehead atoms. The molecule has 6 aromatic heterocycles. The highest BCUT2D eigenvalue weighted by Crippen LogP contribution is 2.44. The fraction of sp³-hybridized carbons (Fsp3) is 0.418. The van der Waals surface area contributed by atoms with Crippen LogP contribution in [0.25, 0.3) is 34.5 Å². The summed E-state index contributed by atoms with van der Waals surface area (Å²) in [4.78, 5) is 27.7. The molecule has 0 saturated carbocycles. The van der Waals surface area contributed by atoms with Gasteiger partial charge in [0, 0.05) is 43.3 Å². The van der Waals surface area contributed by atoms with E-state index in [0.717, 1.165) is 24.8 Å². The Balaban J connectivity index is 0.000000223. The number of hydrogen-bond acceptors (Lipinski definition) is 22. The zero-order valence-corrected chi connectivity index (χ0v) is 53.2. The molecule has 0 aliphatic carbocycles. The highest BCUT2D eigenvalue weighted by Gasteiger charge is 2.51. The Morgan fingerprint density at radius 2 is 0.874 bits per heavy atom. The van der Waals surface area contributed by atoms with Crippen LogP contribution in [0.5, 0.6) is 23.0 Å². The normalized spacial score (nSPS) is 17.5. The maximum absolute atomic E-state index is 14.8. The van der Waals surface area contributed by atoms with Crippen molar-refractivity contribution in [3.05, 3.63) is 121 Å². The van der Waals surface area contributed by atoms with Crippen molar-refractivity contribution in [2.75, 3.05) is 77.4 Å². The van der Waals surface area contributed by atoms with Crippen molar-refractivity contribution >= 4 is 48.1 Å². The Labute approximate surface area is 506 Å². The van der Waals surface area contributed by atoms with Crippen molar-refractivity contribution in [1.29, 1.82) is 0 Å². The van der Waals surface area contributed by atoms with Gasteiger partial charge in [-0.1, -0.05) is 58.8 Å². The van der Waals surface area contributed by atoms with Gasteiger partial charge in [-0.2, -0.15) is 10.1 Å². The largest absolute Gasteiger partial charge is 0.494 e. The Morgan fingerprint density at radius 1 is 0.540 bits per heavy atom. The van der Waals surface area contributed by atoms with Gasteiger partial charge >= 0.3 is 0 Å². The third-order valence-electron chi connectivity index (χ3n) is 14.2. The number of rotatable bonds is 22. The number of sulfonamides is 2. The van der Waals surface area contributed by atoms with Gasteiger partial charge in [-0.25, -0.2) is 54.2 Å². The molecule has 32 heteroatoms. The van der Waals surface area contributed by atoms with E-state index in [1.807, 2.05) is 0 Å². The molecule has 8 aromatic rings. The van der Waals surface area contributed by atoms with Crippen LogP contribution in [-0.2, 0) is 29.7 Å². The van der Waals surface area contributed by atoms with E-state index in [9.17, 15) is 25.6 Å². The van der Waals surface area contributed by atoms with Gasteiger partial charge < -0.3 is 27.8 Å². The molecule has 0 amide bonds. The average Bonchev–Trinajstić information content (AvgIpc) is 1.71. The second-order valence-electron chi connectivity index (χ2n) is 22.3. The Kier molecular flexibility index (Phi) is 20.0. The van der Waals surface area contributed by atoms with Crippen LogP contribution in [0.3, 0.4) is 0 Å². The van der Waals surface area contributed by atoms with E-state index in [4.69, 9.17) is 37.5 Å². The molecule has 2 aromatic carbocycles. The van der Waals surface area contributed by atoms with Gasteiger partial charge in [-0.15, -0.1) is 20.4 Å². The minimum atomic E-state index is -4.26. The van der Waals surface area contributed by atoms with Crippen LogP contribution in [-0.4, -0.2) is 172 Å². The highest BCUT2D eigenvalue weighted by atomic mass is 32.2. The Bertz CT molecular complexity index is 3530. The second-order valence-corrected chi connectivity index (χ2v) is 37.7. The zero-order chi connectivity index (χ0) is 61.9. The maximum atomic E-state index is 14.8. The number of anilines is 2. The molecule has 468 valence electrons. The van der Waals surface area contributed by atoms with Crippen LogP contribution < -0.4 is 27.6 Å². The number of furan rings is 2. The van der Waals surface area contributed by atoms with E-state index in [-0.39, 0.29) is 68.9 Å². The first-order valence-electron chi connectivity index (χ1n) is 27.0. The summed E-state index contributed by atoms with van der Waals surface area (Å²) in [6, 6.07) is 16.6. The number of hydrogen-bond donors (Lipinski definition) is 0. The molecule has 10 rings (SSSR count). The number of nitrogens with zero attached hydrogens (tertiary/aromatic N) is 14. The van der Waals surface area contributed by atoms with Crippen LogP contribution in [0, 0.1) is 11.6 Å². The van der Waals surface area contributed by atoms with Gasteiger partial charge in [0.15, 0.2) is 23.2 Å². The summed E-state index contributed by atoms with van der Waals surface area (Å²) in [6.45, 7) is 12.8. The third-order valence-corrected chi connectivity index (χ3v) is 21.8. The summed E-state index contributed by atoms with van der Waals surface area (Å²) >= 11 is 0. The number of hydroxylamine groups is 4. The standard InChI is InChI=1S/2C27H34FN7O6SSi.CH4/c2*1-33-24(25-29-15-18(28)16-30-25)22(17-41-33)42(36,37)34(12-14-43(4,5)6)27-32-31-26(21-11-8-13-40-21)35(27)23-19(38-2)9-7-10-20(23)39-3;/h2*7-11,13,15-16,22,24H,12,14,17H2,1-6H3;1H4/t2*22-,24-;/m10./s1. The fourth-order valence-corrected chi connectivity index (χ4v) is 15.6. The van der Waals surface area contributed by atoms with E-state index in [2.05, 4.69) is 79.6 Å². The van der Waals surface area contributed by atoms with Crippen molar-refractivity contribution in [2.45, 2.75) is 81.4 Å². The van der Waals surface area contributed by atoms with Crippen molar-refractivity contribution in [3.63, 3.8) is 0 Å². The number of para-hydroxylation sites is 2. The zero-order valence-electron chi connectivity index (χ0n) is 49.5. The number of methoxy groups -OCH3 is 4. The molecule has 26 nitrogen and oxygen atoms in total. The van der Waals surface area contributed by atoms with Crippen LogP contribution in [0.15, 0.2) is 107 Å². The van der Waals surface area contributed by atoms with Gasteiger partial charge in [0.1, 0.15) is 68.6 Å². The van der Waals surface area contributed by atoms with Crippen molar-refractivity contribution in [1.82, 2.24) is 59.6 Å². The lowest BCUT2D eigenvalue weighted by Crippen LogP contribution is -2.45. The minimum Gasteiger partial charge on any atom is -0.494 e. The number of ether oxygens (including phenoxy) is 4. The molecular weight excluding hydrogens is 1210 g/mol. The highest BCUT2D eigenvalue weighted by molar-refractivity contribution is 7.93. The second kappa shape index (κ2) is 26.7. The van der Waals surface area contributed by atoms with E-state index in [1.54, 1.807) is 83.9 Å². The molecule has 0 N–H and O–H groups in total. The van der Waals surface area contributed by atoms with Crippen molar-refractivity contribution in [2.24, 2.45) is 0 Å². The smallest absolute Gasteiger partial charge is 0.246 e. The summed E-state index contributed by atoms with van der Waals surface area (Å²) in [7, 11) is -2.89. The van der Waals surface area contributed by atoms with E-state index < -0.39 is 70.4 Å². The summed E-state index contributed by atoms with van der Waals surface area (Å²) in [5.41, 5.74) is 0.788. The first-order chi connectivity index (χ1) is 40.9. The molecule has 2 saturated heterocycles. The molecule has 2 fully saturated rings. The fourth-order valence-electron chi connectivity index (χ4n) is 9.70. The van der Waals surface area contributed by atoms with Crippen LogP contribution in [0.4, 0.5) is 20.7 Å². The van der Waals surface area contributed by atoms with Crippen molar-refractivity contribution in [3.8, 4) is 57.5 Å². The van der Waals surface area contributed by atoms with Gasteiger partial charge in [0.2, 0.25) is 43.6 Å². The van der Waals surface area contributed by atoms with Crippen molar-refractivity contribution < 1.29 is 63.1 Å². The van der Waals surface area contributed by atoms with E-state index in [1.165, 1.54) is 59.7 Å². The maximum Gasteiger partial charge on any atom is 0.246 e. The Hall–Kier alpha value is -7.73. The summed E-state index contributed by atoms with van der Waals surface area (Å²) in [6.07, 6.45) is 6.99. The van der Waals surface area contributed by atoms with Gasteiger partial charge in [-0.05, 0) is 60.6 Å². The van der Waals surface area contributed by atoms with E-state index >= 15 is 0 Å². The monoisotopic (exact) mass is 1280 g/mol. The number of halogens is 2. The average molecular weight is 1280 g/mol. The molecule has 0 spiro atoms. The van der Waals surface area contributed by atoms with Crippen LogP contribution in [0.1, 0.15) is 31.2 Å². The lowest BCUT2D eigenvalue weighted by atomic mass is 10.2. The first-order valence-corrected chi connectivity index (χ1v) is 37.4. The third kappa shape index (κ3) is 13.7. The predicted molar refractivity (Wildman–Crippen MR) is 324 cm³/mol. The lowest BCUT2D eigenvalue weighted by Gasteiger charge is -2.31. The first kappa shape index (κ1) is 65.3. The number of benzene rings is 2. The molecule has 8 heterocycles. The summed E-state index contributed by atoms with van der Waals surface area (Å²) in [5.74, 6) is 1.80. The predicted octanol–water partition coefficient (Wildman–Crippen LogP) is 8.51. The SMILES string of the molecule is C.COc1cccc(OC)c1-n1c(-c2ccco2)nnc1N(CC[Si](C)(C)C)S(=O)(=O)[C@@H]1CON(C)[C@H]1c1ncc(F)cn1.COc1cccc(OC)c1-n1c(-c2ccco2)nnc1N(CC[Si](C)(C)C)S(=O)(=O)[C@H]1CON(C)[C@@H]1c1ncc(F)cn1. The van der Waals surface area contributed by atoms with Gasteiger partial charge in [0.05, 0.1) is 79.0 Å². The van der Waals surface area contributed by atoms with Crippen LogP contribution in [0.2, 0.25) is 51.4 Å². The minimum absolute atomic E-state index is 0. The molecule has 87 heavy (non-hydrogen) atoms. The Morgan fingerprint density at radius 3 is 1.16 bits per heavy atom. The quantitative estimate of drug-likeness (QED) is 0.0575. The summed E-state index contributed by atoms with van der Waals surface area (Å²) < 4.78 is 126. The summed E-state index contributed by atoms with van der Waals surface area (Å²) in [5, 5.41) is 18.1. The molecule has 4 atom stereocenters. The van der Waals surface area contributed by atoms with E-state index in [0.29, 0.717) is 58.0 Å².